The first-order chi connectivity index (χ1) is 6.84. The minimum absolute atomic E-state index is 0.221. The lowest BCUT2D eigenvalue weighted by molar-refractivity contribution is 0.628. The van der Waals surface area contributed by atoms with E-state index in [0.29, 0.717) is 0 Å². The van der Waals surface area contributed by atoms with Crippen molar-refractivity contribution in [3.63, 3.8) is 0 Å². The van der Waals surface area contributed by atoms with Crippen molar-refractivity contribution in [3.8, 4) is 0 Å². The molecule has 0 saturated carbocycles. The molecule has 0 fully saturated rings. The van der Waals surface area contributed by atoms with Gasteiger partial charge in [-0.05, 0) is 29.8 Å². The molecule has 0 unspecified atom stereocenters. The number of rotatable bonds is 2. The number of hydrogen-bond acceptors (Lipinski definition) is 1. The van der Waals surface area contributed by atoms with E-state index in [1.807, 2.05) is 24.5 Å². The molecule has 0 aliphatic rings. The number of nitrogens with zero attached hydrogens (tertiary/aromatic N) is 2. The number of benzene rings is 1. The Morgan fingerprint density at radius 1 is 1.21 bits per heavy atom. The third kappa shape index (κ3) is 2.07. The van der Waals surface area contributed by atoms with Crippen molar-refractivity contribution in [2.45, 2.75) is 0 Å². The summed E-state index contributed by atoms with van der Waals surface area (Å²) in [7, 11) is 0. The Hall–Kier alpha value is -1.90. The van der Waals surface area contributed by atoms with Crippen molar-refractivity contribution in [3.05, 3.63) is 54.1 Å². The lowest BCUT2D eigenvalue weighted by Crippen LogP contribution is -1.84. The summed E-state index contributed by atoms with van der Waals surface area (Å²) in [6.07, 6.45) is 7.22. The van der Waals surface area contributed by atoms with E-state index < -0.39 is 0 Å². The minimum Gasteiger partial charge on any atom is -0.248 e. The second kappa shape index (κ2) is 3.87. The van der Waals surface area contributed by atoms with Gasteiger partial charge in [0.25, 0.3) is 0 Å². The Labute approximate surface area is 81.3 Å². The maximum absolute atomic E-state index is 12.6. The fourth-order valence-electron chi connectivity index (χ4n) is 1.11. The summed E-state index contributed by atoms with van der Waals surface area (Å²) < 4.78 is 14.2. The molecule has 0 spiro atoms. The summed E-state index contributed by atoms with van der Waals surface area (Å²) in [5.41, 5.74) is 0.946. The van der Waals surface area contributed by atoms with Crippen LogP contribution in [-0.2, 0) is 0 Å². The van der Waals surface area contributed by atoms with E-state index in [9.17, 15) is 4.39 Å². The molecule has 1 aromatic carbocycles. The topological polar surface area (TPSA) is 17.8 Å². The van der Waals surface area contributed by atoms with E-state index in [2.05, 4.69) is 5.10 Å². The molecular weight excluding hydrogens is 179 g/mol. The van der Waals surface area contributed by atoms with Gasteiger partial charge in [0.2, 0.25) is 0 Å². The van der Waals surface area contributed by atoms with E-state index in [4.69, 9.17) is 0 Å². The largest absolute Gasteiger partial charge is 0.248 e. The van der Waals surface area contributed by atoms with Gasteiger partial charge in [0.15, 0.2) is 0 Å². The van der Waals surface area contributed by atoms with Crippen LogP contribution in [0.4, 0.5) is 4.39 Å². The van der Waals surface area contributed by atoms with Crippen LogP contribution in [0.15, 0.2) is 42.7 Å². The first-order valence-corrected chi connectivity index (χ1v) is 4.27. The fourth-order valence-corrected chi connectivity index (χ4v) is 1.11. The van der Waals surface area contributed by atoms with Gasteiger partial charge in [0.1, 0.15) is 5.82 Å². The molecule has 0 atom stereocenters. The molecule has 0 N–H and O–H groups in total. The zero-order chi connectivity index (χ0) is 9.80. The molecule has 0 aliphatic carbocycles. The van der Waals surface area contributed by atoms with Crippen LogP contribution in [0.25, 0.3) is 12.3 Å². The van der Waals surface area contributed by atoms with Gasteiger partial charge < -0.3 is 0 Å². The fraction of sp³-hybridized carbons (Fsp3) is 0. The summed E-state index contributed by atoms with van der Waals surface area (Å²) in [6.45, 7) is 0. The van der Waals surface area contributed by atoms with Crippen LogP contribution in [0.5, 0.6) is 0 Å². The lowest BCUT2D eigenvalue weighted by Gasteiger charge is -1.93. The van der Waals surface area contributed by atoms with Crippen molar-refractivity contribution in [2.75, 3.05) is 0 Å². The number of hydrogen-bond donors (Lipinski definition) is 0. The monoisotopic (exact) mass is 188 g/mol. The smallest absolute Gasteiger partial charge is 0.123 e. The summed E-state index contributed by atoms with van der Waals surface area (Å²) in [5.74, 6) is -0.221. The SMILES string of the molecule is Fc1ccc(/C=C\n2cccn2)cc1. The van der Waals surface area contributed by atoms with Gasteiger partial charge in [-0.2, -0.15) is 5.10 Å². The molecule has 0 bridgehead atoms. The lowest BCUT2D eigenvalue weighted by atomic mass is 10.2. The first-order valence-electron chi connectivity index (χ1n) is 4.27. The molecule has 1 heterocycles. The summed E-state index contributed by atoms with van der Waals surface area (Å²) >= 11 is 0. The van der Waals surface area contributed by atoms with Gasteiger partial charge in [0.05, 0.1) is 0 Å². The van der Waals surface area contributed by atoms with Gasteiger partial charge >= 0.3 is 0 Å². The molecule has 2 aromatic rings. The highest BCUT2D eigenvalue weighted by Crippen LogP contribution is 2.05. The molecule has 2 nitrogen and oxygen atoms in total. The van der Waals surface area contributed by atoms with E-state index in [1.54, 1.807) is 23.0 Å². The average Bonchev–Trinajstić information content (AvgIpc) is 2.70. The highest BCUT2D eigenvalue weighted by atomic mass is 19.1. The van der Waals surface area contributed by atoms with Gasteiger partial charge in [-0.3, -0.25) is 0 Å². The van der Waals surface area contributed by atoms with Crippen LogP contribution >= 0.6 is 0 Å². The predicted molar refractivity (Wildman–Crippen MR) is 53.9 cm³/mol. The van der Waals surface area contributed by atoms with E-state index in [1.165, 1.54) is 12.1 Å². The highest BCUT2D eigenvalue weighted by Gasteiger charge is 1.88. The van der Waals surface area contributed by atoms with E-state index >= 15 is 0 Å². The normalized spacial score (nSPS) is 10.9. The third-order valence-corrected chi connectivity index (χ3v) is 1.81. The standard InChI is InChI=1S/C11H9FN2/c12-11-4-2-10(3-5-11)6-9-14-8-1-7-13-14/h1-9H/b9-6-. The molecule has 2 rings (SSSR count). The van der Waals surface area contributed by atoms with Gasteiger partial charge in [0, 0.05) is 18.6 Å². The van der Waals surface area contributed by atoms with Crippen LogP contribution in [0.3, 0.4) is 0 Å². The molecule has 14 heavy (non-hydrogen) atoms. The summed E-state index contributed by atoms with van der Waals surface area (Å²) in [4.78, 5) is 0. The van der Waals surface area contributed by atoms with Crippen LogP contribution in [0.2, 0.25) is 0 Å². The van der Waals surface area contributed by atoms with Crippen LogP contribution in [0, 0.1) is 5.82 Å². The van der Waals surface area contributed by atoms with Crippen LogP contribution in [0.1, 0.15) is 5.56 Å². The third-order valence-electron chi connectivity index (χ3n) is 1.81. The molecule has 70 valence electrons. The molecule has 0 amide bonds. The van der Waals surface area contributed by atoms with Crippen LogP contribution in [-0.4, -0.2) is 9.78 Å². The molecule has 0 radical (unpaired) electrons. The Morgan fingerprint density at radius 3 is 2.64 bits per heavy atom. The minimum atomic E-state index is -0.221. The van der Waals surface area contributed by atoms with Crippen molar-refractivity contribution in [2.24, 2.45) is 0 Å². The van der Waals surface area contributed by atoms with Crippen molar-refractivity contribution >= 4 is 12.3 Å². The molecule has 0 aliphatic heterocycles. The average molecular weight is 188 g/mol. The Kier molecular flexibility index (Phi) is 2.40. The van der Waals surface area contributed by atoms with E-state index in [0.717, 1.165) is 5.56 Å². The first kappa shape index (κ1) is 8.69. The molecule has 1 aromatic heterocycles. The van der Waals surface area contributed by atoms with Crippen molar-refractivity contribution < 1.29 is 4.39 Å². The Morgan fingerprint density at radius 2 is 2.00 bits per heavy atom. The summed E-state index contributed by atoms with van der Waals surface area (Å²) in [6, 6.07) is 8.14. The van der Waals surface area contributed by atoms with Gasteiger partial charge in [-0.1, -0.05) is 12.1 Å². The number of aromatic nitrogens is 2. The molecule has 3 heteroatoms. The van der Waals surface area contributed by atoms with Crippen LogP contribution < -0.4 is 0 Å². The quantitative estimate of drug-likeness (QED) is 0.708. The van der Waals surface area contributed by atoms with Crippen molar-refractivity contribution in [1.29, 1.82) is 0 Å². The Bertz CT molecular complexity index is 415. The molecule has 0 saturated heterocycles. The molecular formula is C11H9FN2. The number of halogens is 1. The highest BCUT2D eigenvalue weighted by molar-refractivity contribution is 5.59. The van der Waals surface area contributed by atoms with E-state index in [-0.39, 0.29) is 5.82 Å². The maximum atomic E-state index is 12.6. The second-order valence-electron chi connectivity index (χ2n) is 2.85. The maximum Gasteiger partial charge on any atom is 0.123 e. The van der Waals surface area contributed by atoms with Crippen molar-refractivity contribution in [1.82, 2.24) is 9.78 Å². The van der Waals surface area contributed by atoms with Gasteiger partial charge in [-0.15, -0.1) is 0 Å². The van der Waals surface area contributed by atoms with Gasteiger partial charge in [-0.25, -0.2) is 9.07 Å². The zero-order valence-corrected chi connectivity index (χ0v) is 7.47. The predicted octanol–water partition coefficient (Wildman–Crippen LogP) is 2.65. The summed E-state index contributed by atoms with van der Waals surface area (Å²) in [5, 5.41) is 4.00. The second-order valence-corrected chi connectivity index (χ2v) is 2.85. The zero-order valence-electron chi connectivity index (χ0n) is 7.47. The Balaban J connectivity index is 2.15.